The first-order valence-corrected chi connectivity index (χ1v) is 9.19. The van der Waals surface area contributed by atoms with Crippen LogP contribution in [0.3, 0.4) is 0 Å². The van der Waals surface area contributed by atoms with E-state index in [0.29, 0.717) is 10.2 Å². The Hall–Kier alpha value is -2.16. The van der Waals surface area contributed by atoms with Crippen molar-refractivity contribution in [3.8, 4) is 11.8 Å². The highest BCUT2D eigenvalue weighted by Gasteiger charge is 2.28. The lowest BCUT2D eigenvalue weighted by atomic mass is 9.98. The van der Waals surface area contributed by atoms with E-state index in [0.717, 1.165) is 29.5 Å². The molecule has 2 N–H and O–H groups in total. The molecule has 0 aromatic carbocycles. The van der Waals surface area contributed by atoms with E-state index in [-0.39, 0.29) is 11.7 Å². The van der Waals surface area contributed by atoms with E-state index in [1.165, 1.54) is 0 Å². The van der Waals surface area contributed by atoms with Crippen LogP contribution in [0.15, 0.2) is 63.8 Å². The number of nitrogens with one attached hydrogen (secondary N) is 1. The summed E-state index contributed by atoms with van der Waals surface area (Å²) < 4.78 is 0. The number of nitrogens with zero attached hydrogens (tertiary/aromatic N) is 1. The first kappa shape index (κ1) is 17.7. The van der Waals surface area contributed by atoms with Gasteiger partial charge < -0.3 is 10.4 Å². The Labute approximate surface area is 156 Å². The van der Waals surface area contributed by atoms with Crippen molar-refractivity contribution in [3.05, 3.63) is 58.8 Å². The van der Waals surface area contributed by atoms with Crippen LogP contribution in [-0.4, -0.2) is 27.5 Å². The molecule has 0 aromatic heterocycles. The molecule has 6 heteroatoms. The molecular formula is C19H17ClN2O2S. The number of carboxylic acids is 1. The number of hydrogen-bond acceptors (Lipinski definition) is 4. The van der Waals surface area contributed by atoms with Gasteiger partial charge in [-0.25, -0.2) is 4.99 Å². The van der Waals surface area contributed by atoms with Crippen LogP contribution in [-0.2, 0) is 4.79 Å². The van der Waals surface area contributed by atoms with Gasteiger partial charge in [0, 0.05) is 17.2 Å². The number of carbonyl (C=O) groups is 1. The molecule has 1 aliphatic heterocycles. The van der Waals surface area contributed by atoms with E-state index < -0.39 is 11.5 Å². The second kappa shape index (κ2) is 7.38. The minimum atomic E-state index is -0.882. The van der Waals surface area contributed by atoms with Crippen LogP contribution in [0.5, 0.6) is 0 Å². The third kappa shape index (κ3) is 4.68. The second-order valence-corrected chi connectivity index (χ2v) is 7.40. The Morgan fingerprint density at radius 2 is 2.36 bits per heavy atom. The van der Waals surface area contributed by atoms with Crippen molar-refractivity contribution in [2.75, 3.05) is 5.75 Å². The summed E-state index contributed by atoms with van der Waals surface area (Å²) >= 11 is 7.59. The Morgan fingerprint density at radius 1 is 1.52 bits per heavy atom. The molecule has 2 aliphatic carbocycles. The first-order chi connectivity index (χ1) is 11.9. The molecule has 0 radical (unpaired) electrons. The quantitative estimate of drug-likeness (QED) is 0.727. The van der Waals surface area contributed by atoms with Crippen LogP contribution in [0.4, 0.5) is 0 Å². The third-order valence-electron chi connectivity index (χ3n) is 3.72. The van der Waals surface area contributed by atoms with Gasteiger partial charge in [0.1, 0.15) is 5.54 Å². The van der Waals surface area contributed by atoms with Gasteiger partial charge in [0.05, 0.1) is 10.8 Å². The zero-order valence-electron chi connectivity index (χ0n) is 13.6. The average Bonchev–Trinajstić information content (AvgIpc) is 2.65. The molecule has 128 valence electrons. The average molecular weight is 373 g/mol. The summed E-state index contributed by atoms with van der Waals surface area (Å²) in [4.78, 5) is 15.4. The minimum Gasteiger partial charge on any atom is -0.481 e. The highest BCUT2D eigenvalue weighted by Crippen LogP contribution is 2.31. The largest absolute Gasteiger partial charge is 0.481 e. The highest BCUT2D eigenvalue weighted by molar-refractivity contribution is 8.14. The van der Waals surface area contributed by atoms with Gasteiger partial charge in [-0.05, 0) is 31.6 Å². The van der Waals surface area contributed by atoms with Crippen LogP contribution in [0.25, 0.3) is 0 Å². The molecule has 2 unspecified atom stereocenters. The monoisotopic (exact) mass is 372 g/mol. The number of rotatable bonds is 2. The zero-order chi connectivity index (χ0) is 17.9. The van der Waals surface area contributed by atoms with E-state index in [2.05, 4.69) is 34.3 Å². The summed E-state index contributed by atoms with van der Waals surface area (Å²) in [7, 11) is 0. The second-order valence-electron chi connectivity index (χ2n) is 6.02. The molecule has 25 heavy (non-hydrogen) atoms. The first-order valence-electron chi connectivity index (χ1n) is 7.83. The van der Waals surface area contributed by atoms with Crippen LogP contribution in [0.1, 0.15) is 13.3 Å². The highest BCUT2D eigenvalue weighted by atomic mass is 35.5. The zero-order valence-corrected chi connectivity index (χ0v) is 15.2. The van der Waals surface area contributed by atoms with Crippen molar-refractivity contribution in [2.45, 2.75) is 18.9 Å². The molecule has 0 saturated carbocycles. The molecular weight excluding hydrogens is 356 g/mol. The number of hydrogen-bond donors (Lipinski definition) is 2. The number of thioether (sulfide) groups is 1. The third-order valence-corrected chi connectivity index (χ3v) is 4.89. The lowest BCUT2D eigenvalue weighted by Gasteiger charge is -2.25. The molecule has 2 bridgehead atoms. The van der Waals surface area contributed by atoms with Crippen LogP contribution in [0.2, 0.25) is 0 Å². The van der Waals surface area contributed by atoms with Crippen LogP contribution >= 0.6 is 23.4 Å². The number of aliphatic imine (C=N–C) groups is 1. The normalized spacial score (nSPS) is 26.9. The maximum Gasteiger partial charge on any atom is 0.313 e. The van der Waals surface area contributed by atoms with Crippen molar-refractivity contribution in [3.63, 3.8) is 0 Å². The molecule has 0 amide bonds. The van der Waals surface area contributed by atoms with E-state index >= 15 is 0 Å². The maximum absolute atomic E-state index is 10.8. The lowest BCUT2D eigenvalue weighted by Crippen LogP contribution is -2.32. The molecule has 1 heterocycles. The predicted molar refractivity (Wildman–Crippen MR) is 103 cm³/mol. The van der Waals surface area contributed by atoms with E-state index in [4.69, 9.17) is 16.7 Å². The van der Waals surface area contributed by atoms with Crippen LogP contribution in [0, 0.1) is 17.8 Å². The lowest BCUT2D eigenvalue weighted by molar-refractivity contribution is -0.133. The summed E-state index contributed by atoms with van der Waals surface area (Å²) in [6.07, 6.45) is 14.8. The van der Waals surface area contributed by atoms with Gasteiger partial charge in [-0.3, -0.25) is 4.79 Å². The number of fused-ring (bicyclic) bond motifs is 1. The van der Waals surface area contributed by atoms with E-state index in [9.17, 15) is 4.79 Å². The molecule has 0 saturated heterocycles. The van der Waals surface area contributed by atoms with Crippen molar-refractivity contribution in [1.82, 2.24) is 5.32 Å². The van der Waals surface area contributed by atoms with Gasteiger partial charge in [0.15, 0.2) is 5.17 Å². The molecule has 0 fully saturated rings. The number of allylic oxidation sites excluding steroid dienone is 7. The molecule has 0 spiro atoms. The Morgan fingerprint density at radius 3 is 3.08 bits per heavy atom. The SMILES string of the molecule is CC12C=C(C=C(Cl)C(C#CC3C=CC=CC3)=C1)NC(SCC(=O)O)=N2. The van der Waals surface area contributed by atoms with Crippen molar-refractivity contribution in [1.29, 1.82) is 0 Å². The Balaban J connectivity index is 1.86. The van der Waals surface area contributed by atoms with Crippen LogP contribution < -0.4 is 5.32 Å². The fourth-order valence-corrected chi connectivity index (χ4v) is 3.56. The van der Waals surface area contributed by atoms with E-state index in [1.54, 1.807) is 6.08 Å². The summed E-state index contributed by atoms with van der Waals surface area (Å²) in [6.45, 7) is 1.95. The van der Waals surface area contributed by atoms with Crippen molar-refractivity contribution < 1.29 is 9.90 Å². The summed E-state index contributed by atoms with van der Waals surface area (Å²) in [6, 6.07) is 0. The predicted octanol–water partition coefficient (Wildman–Crippen LogP) is 3.60. The van der Waals surface area contributed by atoms with Gasteiger partial charge in [-0.2, -0.15) is 0 Å². The Kier molecular flexibility index (Phi) is 5.22. The summed E-state index contributed by atoms with van der Waals surface area (Å²) in [5.41, 5.74) is 0.915. The number of aliphatic carboxylic acids is 1. The van der Waals surface area contributed by atoms with Gasteiger partial charge in [0.25, 0.3) is 0 Å². The number of halogens is 1. The molecule has 3 rings (SSSR count). The summed E-state index contributed by atoms with van der Waals surface area (Å²) in [5, 5.41) is 13.1. The standard InChI is InChI=1S/C19H17ClN2O2S/c1-19-10-14(8-7-13-5-3-2-4-6-13)16(20)9-15(11-19)21-18(22-19)25-12-17(23)24/h2-5,9-11,13H,6,12H2,1H3,(H,21,22)(H,23,24). The van der Waals surface area contributed by atoms with E-state index in [1.807, 2.05) is 31.2 Å². The molecule has 2 atom stereocenters. The Bertz CT molecular complexity index is 839. The van der Waals surface area contributed by atoms with Gasteiger partial charge in [-0.1, -0.05) is 59.5 Å². The fraction of sp³-hybridized carbons (Fsp3) is 0.263. The summed E-state index contributed by atoms with van der Waals surface area (Å²) in [5.74, 6) is 5.67. The topological polar surface area (TPSA) is 61.7 Å². The smallest absolute Gasteiger partial charge is 0.313 e. The molecule has 3 aliphatic rings. The maximum atomic E-state index is 10.8. The van der Waals surface area contributed by atoms with Crippen molar-refractivity contribution in [2.24, 2.45) is 10.9 Å². The van der Waals surface area contributed by atoms with Crippen molar-refractivity contribution >= 4 is 34.5 Å². The molecule has 4 nitrogen and oxygen atoms in total. The molecule has 0 aromatic rings. The minimum absolute atomic E-state index is 0.0510. The fourth-order valence-electron chi connectivity index (χ4n) is 2.63. The van der Waals surface area contributed by atoms with Gasteiger partial charge in [0.2, 0.25) is 0 Å². The van der Waals surface area contributed by atoms with Gasteiger partial charge >= 0.3 is 5.97 Å². The number of amidine groups is 1. The number of carboxylic acid groups (broad SMARTS) is 1. The van der Waals surface area contributed by atoms with Gasteiger partial charge in [-0.15, -0.1) is 0 Å².